The van der Waals surface area contributed by atoms with Crippen molar-refractivity contribution in [3.05, 3.63) is 193 Å². The summed E-state index contributed by atoms with van der Waals surface area (Å²) in [6, 6.07) is 64.8. The van der Waals surface area contributed by atoms with Crippen molar-refractivity contribution in [3.63, 3.8) is 0 Å². The highest BCUT2D eigenvalue weighted by Gasteiger charge is 2.43. The van der Waals surface area contributed by atoms with E-state index in [0.717, 1.165) is 52.0 Å². The fourth-order valence-electron chi connectivity index (χ4n) is 9.08. The summed E-state index contributed by atoms with van der Waals surface area (Å²) in [6.45, 7) is 0. The highest BCUT2D eigenvalue weighted by atomic mass is 14.9. The minimum Gasteiger partial charge on any atom is -0.228 e. The van der Waals surface area contributed by atoms with Gasteiger partial charge in [0, 0.05) is 22.1 Å². The minimum absolute atomic E-state index is 0.0349. The number of benzene rings is 7. The van der Waals surface area contributed by atoms with Gasteiger partial charge in [0.2, 0.25) is 0 Å². The molecular formula is C53H39N3. The first-order valence-electron chi connectivity index (χ1n) is 19.7. The molecule has 3 heteroatoms. The van der Waals surface area contributed by atoms with Crippen LogP contribution >= 0.6 is 0 Å². The molecule has 8 aromatic rings. The lowest BCUT2D eigenvalue weighted by molar-refractivity contribution is 0.353. The van der Waals surface area contributed by atoms with Gasteiger partial charge >= 0.3 is 0 Å². The second-order valence-electron chi connectivity index (χ2n) is 15.2. The molecule has 266 valence electrons. The fraction of sp³-hybridized carbons (Fsp3) is 0.113. The molecule has 10 rings (SSSR count). The first-order valence-corrected chi connectivity index (χ1v) is 19.7. The third-order valence-corrected chi connectivity index (χ3v) is 12.0. The van der Waals surface area contributed by atoms with E-state index < -0.39 is 0 Å². The first-order chi connectivity index (χ1) is 27.6. The number of nitrogens with zero attached hydrogens (tertiary/aromatic N) is 3. The quantitative estimate of drug-likeness (QED) is 0.172. The summed E-state index contributed by atoms with van der Waals surface area (Å²) >= 11 is 0. The Labute approximate surface area is 328 Å². The normalized spacial score (nSPS) is 13.8. The molecule has 0 aliphatic heterocycles. The van der Waals surface area contributed by atoms with E-state index in [1.54, 1.807) is 0 Å². The zero-order valence-corrected chi connectivity index (χ0v) is 31.1. The van der Waals surface area contributed by atoms with Gasteiger partial charge in [-0.25, -0.2) is 9.97 Å². The van der Waals surface area contributed by atoms with E-state index in [1.165, 1.54) is 69.3 Å². The van der Waals surface area contributed by atoms with Crippen LogP contribution in [0.2, 0.25) is 0 Å². The van der Waals surface area contributed by atoms with E-state index in [1.807, 2.05) is 30.3 Å². The highest BCUT2D eigenvalue weighted by Crippen LogP contribution is 2.56. The standard InChI is InChI=1S/C53H39N3/c54-35-36-17-28-48-47(31-36)46-27-26-45(33-49(46)53(48)29-8-3-9-30-53)44-16-10-15-43(32-44)39-20-24-41(25-21-39)51-34-50(55-52(56-51)42-13-6-2-7-14-42)40-22-18-38(19-23-40)37-11-4-1-5-12-37/h1-2,4-7,10-28,31-34H,3,8-9,29-30H2. The van der Waals surface area contributed by atoms with Crippen LogP contribution in [0.3, 0.4) is 0 Å². The summed E-state index contributed by atoms with van der Waals surface area (Å²) in [4.78, 5) is 10.1. The largest absolute Gasteiger partial charge is 0.228 e. The van der Waals surface area contributed by atoms with Gasteiger partial charge in [0.05, 0.1) is 23.0 Å². The highest BCUT2D eigenvalue weighted by molar-refractivity contribution is 5.86. The molecule has 2 aliphatic rings. The zero-order valence-electron chi connectivity index (χ0n) is 31.1. The lowest BCUT2D eigenvalue weighted by atomic mass is 9.67. The fourth-order valence-corrected chi connectivity index (χ4v) is 9.08. The number of nitriles is 1. The van der Waals surface area contributed by atoms with Gasteiger partial charge in [-0.2, -0.15) is 5.26 Å². The summed E-state index contributed by atoms with van der Waals surface area (Å²) in [5.41, 5.74) is 18.2. The molecule has 1 heterocycles. The van der Waals surface area contributed by atoms with Crippen LogP contribution in [-0.4, -0.2) is 9.97 Å². The molecule has 0 radical (unpaired) electrons. The van der Waals surface area contributed by atoms with E-state index >= 15 is 0 Å². The molecule has 1 aromatic heterocycles. The Bertz CT molecular complexity index is 2750. The second kappa shape index (κ2) is 14.1. The van der Waals surface area contributed by atoms with Crippen molar-refractivity contribution in [1.82, 2.24) is 9.97 Å². The van der Waals surface area contributed by atoms with E-state index in [4.69, 9.17) is 9.97 Å². The molecule has 1 spiro atoms. The van der Waals surface area contributed by atoms with Crippen molar-refractivity contribution >= 4 is 0 Å². The van der Waals surface area contributed by atoms with Crippen LogP contribution in [0.1, 0.15) is 48.8 Å². The smallest absolute Gasteiger partial charge is 0.160 e. The zero-order chi connectivity index (χ0) is 37.5. The predicted octanol–water partition coefficient (Wildman–Crippen LogP) is 13.6. The molecule has 3 nitrogen and oxygen atoms in total. The van der Waals surface area contributed by atoms with Gasteiger partial charge in [0.1, 0.15) is 0 Å². The average Bonchev–Trinajstić information content (AvgIpc) is 3.54. The molecule has 0 N–H and O–H groups in total. The molecule has 56 heavy (non-hydrogen) atoms. The monoisotopic (exact) mass is 717 g/mol. The average molecular weight is 718 g/mol. The van der Waals surface area contributed by atoms with Crippen LogP contribution in [0.25, 0.3) is 78.4 Å². The van der Waals surface area contributed by atoms with Crippen LogP contribution in [0.5, 0.6) is 0 Å². The molecule has 0 amide bonds. The summed E-state index contributed by atoms with van der Waals surface area (Å²) in [6.07, 6.45) is 6.09. The lowest BCUT2D eigenvalue weighted by Gasteiger charge is -2.36. The van der Waals surface area contributed by atoms with Crippen LogP contribution in [0.15, 0.2) is 176 Å². The van der Waals surface area contributed by atoms with Crippen molar-refractivity contribution in [3.8, 4) is 84.5 Å². The van der Waals surface area contributed by atoms with Gasteiger partial charge in [-0.1, -0.05) is 165 Å². The second-order valence-corrected chi connectivity index (χ2v) is 15.2. The maximum atomic E-state index is 9.70. The third kappa shape index (κ3) is 6.01. The van der Waals surface area contributed by atoms with Crippen LogP contribution < -0.4 is 0 Å². The third-order valence-electron chi connectivity index (χ3n) is 12.0. The summed E-state index contributed by atoms with van der Waals surface area (Å²) in [5.74, 6) is 0.708. The Balaban J connectivity index is 0.977. The molecule has 7 aromatic carbocycles. The number of hydrogen-bond acceptors (Lipinski definition) is 3. The number of aromatic nitrogens is 2. The number of hydrogen-bond donors (Lipinski definition) is 0. The van der Waals surface area contributed by atoms with Crippen molar-refractivity contribution in [2.45, 2.75) is 37.5 Å². The van der Waals surface area contributed by atoms with Crippen molar-refractivity contribution in [2.24, 2.45) is 0 Å². The topological polar surface area (TPSA) is 49.6 Å². The van der Waals surface area contributed by atoms with Crippen molar-refractivity contribution in [2.75, 3.05) is 0 Å². The Kier molecular flexibility index (Phi) is 8.46. The maximum absolute atomic E-state index is 9.70. The Morgan fingerprint density at radius 3 is 1.55 bits per heavy atom. The molecular weight excluding hydrogens is 679 g/mol. The molecule has 0 saturated heterocycles. The van der Waals surface area contributed by atoms with Crippen LogP contribution in [0.4, 0.5) is 0 Å². The Hall–Kier alpha value is -6.89. The predicted molar refractivity (Wildman–Crippen MR) is 229 cm³/mol. The van der Waals surface area contributed by atoms with Crippen LogP contribution in [0, 0.1) is 11.3 Å². The van der Waals surface area contributed by atoms with E-state index in [0.29, 0.717) is 5.82 Å². The van der Waals surface area contributed by atoms with Gasteiger partial charge in [-0.3, -0.25) is 0 Å². The molecule has 0 bridgehead atoms. The number of fused-ring (bicyclic) bond motifs is 5. The summed E-state index contributed by atoms with van der Waals surface area (Å²) in [7, 11) is 0. The van der Waals surface area contributed by atoms with Gasteiger partial charge in [-0.15, -0.1) is 0 Å². The number of rotatable bonds is 6. The van der Waals surface area contributed by atoms with E-state index in [-0.39, 0.29) is 5.41 Å². The summed E-state index contributed by atoms with van der Waals surface area (Å²) in [5, 5.41) is 9.70. The Morgan fingerprint density at radius 1 is 0.393 bits per heavy atom. The Morgan fingerprint density at radius 2 is 0.911 bits per heavy atom. The maximum Gasteiger partial charge on any atom is 0.160 e. The van der Waals surface area contributed by atoms with Gasteiger partial charge < -0.3 is 0 Å². The molecule has 2 aliphatic carbocycles. The lowest BCUT2D eigenvalue weighted by Crippen LogP contribution is -2.28. The molecule has 0 unspecified atom stereocenters. The van der Waals surface area contributed by atoms with Crippen molar-refractivity contribution in [1.29, 1.82) is 5.26 Å². The molecule has 1 fully saturated rings. The summed E-state index contributed by atoms with van der Waals surface area (Å²) < 4.78 is 0. The first kappa shape index (κ1) is 33.7. The van der Waals surface area contributed by atoms with Gasteiger partial charge in [-0.05, 0) is 98.8 Å². The molecule has 1 saturated carbocycles. The van der Waals surface area contributed by atoms with Crippen LogP contribution in [-0.2, 0) is 5.41 Å². The van der Waals surface area contributed by atoms with E-state index in [9.17, 15) is 5.26 Å². The van der Waals surface area contributed by atoms with Gasteiger partial charge in [0.25, 0.3) is 0 Å². The van der Waals surface area contributed by atoms with Crippen molar-refractivity contribution < 1.29 is 0 Å². The molecule has 0 atom stereocenters. The minimum atomic E-state index is 0.0349. The SMILES string of the molecule is N#Cc1ccc2c(c1)-c1ccc(-c3cccc(-c4ccc(-c5cc(-c6ccc(-c7ccccc7)cc6)nc(-c6ccccc6)n5)cc4)c3)cc1C21CCCCC1. The van der Waals surface area contributed by atoms with Gasteiger partial charge in [0.15, 0.2) is 5.82 Å². The van der Waals surface area contributed by atoms with E-state index in [2.05, 4.69) is 152 Å².